The Morgan fingerprint density at radius 1 is 1.21 bits per heavy atom. The molecule has 3 aliphatic rings. The van der Waals surface area contributed by atoms with Crippen LogP contribution in [0.1, 0.15) is 44.6 Å². The number of hydrogen-bond donors (Lipinski definition) is 1. The number of anilines is 1. The lowest BCUT2D eigenvalue weighted by molar-refractivity contribution is -0.119. The molecule has 1 aromatic carbocycles. The smallest absolute Gasteiger partial charge is 0.226 e. The second-order valence-electron chi connectivity index (χ2n) is 8.31. The van der Waals surface area contributed by atoms with Gasteiger partial charge in [-0.05, 0) is 50.3 Å². The van der Waals surface area contributed by atoms with Crippen LogP contribution in [-0.2, 0) is 16.1 Å². The van der Waals surface area contributed by atoms with Gasteiger partial charge in [-0.15, -0.1) is 24.0 Å². The molecule has 0 aliphatic carbocycles. The van der Waals surface area contributed by atoms with Gasteiger partial charge in [-0.1, -0.05) is 12.1 Å². The van der Waals surface area contributed by atoms with Crippen LogP contribution in [0.3, 0.4) is 0 Å². The van der Waals surface area contributed by atoms with Crippen molar-refractivity contribution in [1.82, 2.24) is 10.2 Å². The second kappa shape index (κ2) is 10.1. The van der Waals surface area contributed by atoms with Crippen LogP contribution < -0.4 is 10.2 Å². The Morgan fingerprint density at radius 3 is 2.72 bits per heavy atom. The Hall–Kier alpha value is -1.35. The molecule has 1 unspecified atom stereocenters. The highest BCUT2D eigenvalue weighted by molar-refractivity contribution is 14.0. The van der Waals surface area contributed by atoms with Crippen LogP contribution in [0.2, 0.25) is 0 Å². The molecular formula is C22H33IN4O2. The Balaban J connectivity index is 0.00000240. The largest absolute Gasteiger partial charge is 0.381 e. The molecule has 160 valence electrons. The molecule has 7 heteroatoms. The molecule has 0 radical (unpaired) electrons. The van der Waals surface area contributed by atoms with E-state index in [0.29, 0.717) is 18.4 Å². The van der Waals surface area contributed by atoms with E-state index in [0.717, 1.165) is 63.9 Å². The van der Waals surface area contributed by atoms with Crippen molar-refractivity contribution in [3.63, 3.8) is 0 Å². The van der Waals surface area contributed by atoms with Gasteiger partial charge < -0.3 is 19.9 Å². The lowest BCUT2D eigenvalue weighted by Crippen LogP contribution is -2.41. The Kier molecular flexibility index (Phi) is 7.79. The zero-order valence-corrected chi connectivity index (χ0v) is 19.7. The van der Waals surface area contributed by atoms with Crippen LogP contribution >= 0.6 is 24.0 Å². The van der Waals surface area contributed by atoms with Crippen LogP contribution in [0.4, 0.5) is 5.69 Å². The number of hydrogen-bond acceptors (Lipinski definition) is 3. The molecule has 0 bridgehead atoms. The summed E-state index contributed by atoms with van der Waals surface area (Å²) in [4.78, 5) is 21.3. The van der Waals surface area contributed by atoms with E-state index >= 15 is 0 Å². The van der Waals surface area contributed by atoms with Crippen LogP contribution in [0, 0.1) is 5.41 Å². The Morgan fingerprint density at radius 2 is 2.03 bits per heavy atom. The third kappa shape index (κ3) is 5.23. The maximum absolute atomic E-state index is 12.1. The van der Waals surface area contributed by atoms with Crippen molar-refractivity contribution in [2.24, 2.45) is 10.4 Å². The minimum Gasteiger partial charge on any atom is -0.381 e. The molecule has 1 N–H and O–H groups in total. The van der Waals surface area contributed by atoms with Gasteiger partial charge in [-0.3, -0.25) is 4.79 Å². The van der Waals surface area contributed by atoms with Crippen molar-refractivity contribution >= 4 is 41.5 Å². The van der Waals surface area contributed by atoms with Crippen molar-refractivity contribution in [2.75, 3.05) is 44.3 Å². The highest BCUT2D eigenvalue weighted by Gasteiger charge is 2.42. The molecule has 4 rings (SSSR count). The number of aliphatic imine (C=N–C) groups is 1. The first-order chi connectivity index (χ1) is 13.7. The Labute approximate surface area is 191 Å². The van der Waals surface area contributed by atoms with Crippen molar-refractivity contribution in [1.29, 1.82) is 0 Å². The molecule has 3 fully saturated rings. The highest BCUT2D eigenvalue weighted by Crippen LogP contribution is 2.38. The standard InChI is InChI=1S/C22H32N4O2.HI/c1-2-23-21(25-13-10-22(16-25)11-14-28-17-22)24-15-18-6-8-19(9-7-18)26-12-4-3-5-20(26)27;/h6-9H,2-5,10-17H2,1H3,(H,23,24);1H. The molecule has 3 saturated heterocycles. The summed E-state index contributed by atoms with van der Waals surface area (Å²) >= 11 is 0. The summed E-state index contributed by atoms with van der Waals surface area (Å²) in [5.74, 6) is 1.24. The summed E-state index contributed by atoms with van der Waals surface area (Å²) in [7, 11) is 0. The zero-order valence-electron chi connectivity index (χ0n) is 17.4. The highest BCUT2D eigenvalue weighted by atomic mass is 127. The third-order valence-corrected chi connectivity index (χ3v) is 6.24. The summed E-state index contributed by atoms with van der Waals surface area (Å²) in [5.41, 5.74) is 2.51. The van der Waals surface area contributed by atoms with Crippen molar-refractivity contribution in [3.8, 4) is 0 Å². The third-order valence-electron chi connectivity index (χ3n) is 6.24. The number of halogens is 1. The number of carbonyl (C=O) groups excluding carboxylic acids is 1. The fourth-order valence-electron chi connectivity index (χ4n) is 4.54. The predicted molar refractivity (Wildman–Crippen MR) is 127 cm³/mol. The molecule has 0 aromatic heterocycles. The number of amides is 1. The summed E-state index contributed by atoms with van der Waals surface area (Å²) < 4.78 is 5.65. The molecule has 29 heavy (non-hydrogen) atoms. The predicted octanol–water partition coefficient (Wildman–Crippen LogP) is 3.40. The van der Waals surface area contributed by atoms with E-state index in [1.165, 1.54) is 18.4 Å². The molecule has 1 amide bonds. The van der Waals surface area contributed by atoms with Gasteiger partial charge in [-0.2, -0.15) is 0 Å². The molecule has 3 heterocycles. The molecule has 3 aliphatic heterocycles. The SMILES string of the molecule is CCNC(=NCc1ccc(N2CCCCC2=O)cc1)N1CCC2(CCOC2)C1.I. The lowest BCUT2D eigenvalue weighted by atomic mass is 9.87. The number of nitrogens with one attached hydrogen (secondary N) is 1. The normalized spacial score (nSPS) is 24.9. The first-order valence-corrected chi connectivity index (χ1v) is 10.7. The van der Waals surface area contributed by atoms with Crippen molar-refractivity contribution in [2.45, 2.75) is 45.6 Å². The van der Waals surface area contributed by atoms with Crippen LogP contribution in [0.5, 0.6) is 0 Å². The van der Waals surface area contributed by atoms with Gasteiger partial charge in [0.1, 0.15) is 0 Å². The lowest BCUT2D eigenvalue weighted by Gasteiger charge is -2.27. The van der Waals surface area contributed by atoms with Gasteiger partial charge in [-0.25, -0.2) is 4.99 Å². The van der Waals surface area contributed by atoms with Gasteiger partial charge in [0, 0.05) is 50.3 Å². The van der Waals surface area contributed by atoms with Gasteiger partial charge in [0.05, 0.1) is 13.2 Å². The van der Waals surface area contributed by atoms with E-state index in [1.807, 2.05) is 4.90 Å². The van der Waals surface area contributed by atoms with Crippen molar-refractivity contribution in [3.05, 3.63) is 29.8 Å². The van der Waals surface area contributed by atoms with Gasteiger partial charge in [0.25, 0.3) is 0 Å². The molecule has 1 spiro atoms. The maximum atomic E-state index is 12.1. The number of ether oxygens (including phenoxy) is 1. The van der Waals surface area contributed by atoms with E-state index in [4.69, 9.17) is 9.73 Å². The summed E-state index contributed by atoms with van der Waals surface area (Å²) in [6, 6.07) is 8.31. The van der Waals surface area contributed by atoms with E-state index in [-0.39, 0.29) is 29.9 Å². The average Bonchev–Trinajstić information content (AvgIpc) is 3.36. The van der Waals surface area contributed by atoms with E-state index < -0.39 is 0 Å². The minimum absolute atomic E-state index is 0. The Bertz CT molecular complexity index is 716. The van der Waals surface area contributed by atoms with Gasteiger partial charge in [0.2, 0.25) is 5.91 Å². The molecule has 1 aromatic rings. The van der Waals surface area contributed by atoms with Gasteiger partial charge in [0.15, 0.2) is 5.96 Å². The fraction of sp³-hybridized carbons (Fsp3) is 0.636. The minimum atomic E-state index is 0. The van der Waals surface area contributed by atoms with Crippen LogP contribution in [0.25, 0.3) is 0 Å². The summed E-state index contributed by atoms with van der Waals surface area (Å²) in [6.45, 7) is 8.34. The summed E-state index contributed by atoms with van der Waals surface area (Å²) in [6.07, 6.45) is 5.13. The van der Waals surface area contributed by atoms with E-state index in [1.54, 1.807) is 0 Å². The van der Waals surface area contributed by atoms with Crippen molar-refractivity contribution < 1.29 is 9.53 Å². The number of rotatable bonds is 4. The van der Waals surface area contributed by atoms with Gasteiger partial charge >= 0.3 is 0 Å². The zero-order chi connectivity index (χ0) is 19.4. The van der Waals surface area contributed by atoms with Crippen LogP contribution in [0.15, 0.2) is 29.3 Å². The quantitative estimate of drug-likeness (QED) is 0.382. The second-order valence-corrected chi connectivity index (χ2v) is 8.31. The number of carbonyl (C=O) groups is 1. The fourth-order valence-corrected chi connectivity index (χ4v) is 4.54. The topological polar surface area (TPSA) is 57.2 Å². The number of likely N-dealkylation sites (tertiary alicyclic amines) is 1. The van der Waals surface area contributed by atoms with Crippen LogP contribution in [-0.4, -0.2) is 56.2 Å². The monoisotopic (exact) mass is 512 g/mol. The number of nitrogens with zero attached hydrogens (tertiary/aromatic N) is 3. The molecular weight excluding hydrogens is 479 g/mol. The van der Waals surface area contributed by atoms with E-state index in [2.05, 4.69) is 41.4 Å². The number of guanidine groups is 1. The first-order valence-electron chi connectivity index (χ1n) is 10.7. The number of piperidine rings is 1. The average molecular weight is 512 g/mol. The molecule has 1 atom stereocenters. The molecule has 0 saturated carbocycles. The first kappa shape index (κ1) is 22.3. The van der Waals surface area contributed by atoms with E-state index in [9.17, 15) is 4.79 Å². The summed E-state index contributed by atoms with van der Waals surface area (Å²) in [5, 5.41) is 3.45. The maximum Gasteiger partial charge on any atom is 0.226 e. The molecule has 6 nitrogen and oxygen atoms in total. The number of benzene rings is 1.